The molecule has 0 aromatic carbocycles. The number of rotatable bonds is 2. The van der Waals surface area contributed by atoms with E-state index in [9.17, 15) is 4.79 Å². The first-order valence-electron chi connectivity index (χ1n) is 5.98. The fraction of sp³-hybridized carbons (Fsp3) is 0.385. The number of ether oxygens (including phenoxy) is 1. The first-order chi connectivity index (χ1) is 8.63. The van der Waals surface area contributed by atoms with Crippen molar-refractivity contribution >= 4 is 23.6 Å². The highest BCUT2D eigenvalue weighted by molar-refractivity contribution is 8.02. The summed E-state index contributed by atoms with van der Waals surface area (Å²) in [5.74, 6) is 1.10. The van der Waals surface area contributed by atoms with Gasteiger partial charge in [0, 0.05) is 17.3 Å². The lowest BCUT2D eigenvalue weighted by Crippen LogP contribution is -2.19. The van der Waals surface area contributed by atoms with Crippen LogP contribution in [0.1, 0.15) is 30.7 Å². The number of esters is 1. The lowest BCUT2D eigenvalue weighted by molar-refractivity contribution is -0.139. The Bertz CT molecular complexity index is 586. The Labute approximate surface area is 110 Å². The molecule has 0 radical (unpaired) electrons. The van der Waals surface area contributed by atoms with E-state index in [4.69, 9.17) is 10.1 Å². The maximum absolute atomic E-state index is 11.7. The molecule has 3 rings (SSSR count). The molecular formula is C13H14N2O2S. The number of fused-ring (bicyclic) bond motifs is 3. The summed E-state index contributed by atoms with van der Waals surface area (Å²) in [6.07, 6.45) is 0.342. The van der Waals surface area contributed by atoms with E-state index in [0.717, 1.165) is 22.7 Å². The smallest absolute Gasteiger partial charge is 0.312 e. The largest absolute Gasteiger partial charge is 0.419 e. The van der Waals surface area contributed by atoms with Crippen molar-refractivity contribution in [1.82, 2.24) is 4.57 Å². The summed E-state index contributed by atoms with van der Waals surface area (Å²) in [5, 5.41) is 8.91. The lowest BCUT2D eigenvalue weighted by atomic mass is 9.94. The Hall–Kier alpha value is -1.49. The molecule has 3 heterocycles. The van der Waals surface area contributed by atoms with Crippen LogP contribution in [0.3, 0.4) is 0 Å². The monoisotopic (exact) mass is 262 g/mol. The summed E-state index contributed by atoms with van der Waals surface area (Å²) < 4.78 is 7.22. The third kappa shape index (κ3) is 1.47. The summed E-state index contributed by atoms with van der Waals surface area (Å²) in [4.78, 5) is 11.7. The van der Waals surface area contributed by atoms with Gasteiger partial charge in [-0.25, -0.2) is 0 Å². The van der Waals surface area contributed by atoms with Crippen molar-refractivity contribution in [3.05, 3.63) is 34.2 Å². The molecule has 0 aliphatic carbocycles. The van der Waals surface area contributed by atoms with Crippen LogP contribution in [0.2, 0.25) is 0 Å². The predicted octanol–water partition coefficient (Wildman–Crippen LogP) is 2.63. The maximum Gasteiger partial charge on any atom is 0.312 e. The van der Waals surface area contributed by atoms with E-state index >= 15 is 0 Å². The van der Waals surface area contributed by atoms with Gasteiger partial charge in [0.15, 0.2) is 5.09 Å². The van der Waals surface area contributed by atoms with E-state index in [1.165, 1.54) is 11.8 Å². The quantitative estimate of drug-likeness (QED) is 0.834. The molecule has 1 aromatic heterocycles. The number of nitrogens with zero attached hydrogens (tertiary/aromatic N) is 1. The van der Waals surface area contributed by atoms with E-state index in [0.29, 0.717) is 17.3 Å². The molecule has 5 heteroatoms. The van der Waals surface area contributed by atoms with E-state index in [1.54, 1.807) is 0 Å². The van der Waals surface area contributed by atoms with Gasteiger partial charge >= 0.3 is 5.97 Å². The van der Waals surface area contributed by atoms with Gasteiger partial charge in [0.1, 0.15) is 5.84 Å². The van der Waals surface area contributed by atoms with Crippen LogP contribution in [0.4, 0.5) is 0 Å². The molecular weight excluding hydrogens is 248 g/mol. The molecule has 18 heavy (non-hydrogen) atoms. The number of thioether (sulfide) groups is 1. The first-order valence-corrected chi connectivity index (χ1v) is 6.97. The van der Waals surface area contributed by atoms with Crippen LogP contribution >= 0.6 is 11.8 Å². The Kier molecular flexibility index (Phi) is 2.59. The van der Waals surface area contributed by atoms with Gasteiger partial charge in [0.05, 0.1) is 12.0 Å². The van der Waals surface area contributed by atoms with E-state index < -0.39 is 0 Å². The molecule has 0 saturated heterocycles. The summed E-state index contributed by atoms with van der Waals surface area (Å²) in [6.45, 7) is 3.99. The molecule has 1 unspecified atom stereocenters. The zero-order valence-electron chi connectivity index (χ0n) is 10.3. The predicted molar refractivity (Wildman–Crippen MR) is 70.9 cm³/mol. The van der Waals surface area contributed by atoms with Gasteiger partial charge in [-0.3, -0.25) is 10.2 Å². The fourth-order valence-corrected chi connectivity index (χ4v) is 3.43. The number of carbonyl (C=O) groups is 1. The zero-order valence-corrected chi connectivity index (χ0v) is 11.1. The molecule has 0 amide bonds. The standard InChI is InChI=1S/C13H14N2O2S/c1-3-18-13-11-8(6-10(16)17-13)9-5-4-7(2)15(9)12(11)14/h4-5,8,14H,3,6H2,1-2H3. The summed E-state index contributed by atoms with van der Waals surface area (Å²) in [5.41, 5.74) is 2.95. The van der Waals surface area contributed by atoms with Crippen LogP contribution in [0.25, 0.3) is 0 Å². The van der Waals surface area contributed by atoms with Crippen molar-refractivity contribution in [2.45, 2.75) is 26.2 Å². The van der Waals surface area contributed by atoms with Crippen LogP contribution in [0, 0.1) is 12.3 Å². The van der Waals surface area contributed by atoms with E-state index in [2.05, 4.69) is 0 Å². The summed E-state index contributed by atoms with van der Waals surface area (Å²) in [7, 11) is 0. The molecule has 0 bridgehead atoms. The number of carbonyl (C=O) groups excluding carboxylic acids is 1. The second-order valence-electron chi connectivity index (χ2n) is 4.45. The van der Waals surface area contributed by atoms with Gasteiger partial charge in [0.2, 0.25) is 0 Å². The van der Waals surface area contributed by atoms with Crippen LogP contribution in [0.5, 0.6) is 0 Å². The molecule has 1 aromatic rings. The second-order valence-corrected chi connectivity index (χ2v) is 5.69. The third-order valence-electron chi connectivity index (χ3n) is 3.36. The third-order valence-corrected chi connectivity index (χ3v) is 4.22. The number of aromatic nitrogens is 1. The Morgan fingerprint density at radius 1 is 1.56 bits per heavy atom. The lowest BCUT2D eigenvalue weighted by Gasteiger charge is -2.20. The number of aryl methyl sites for hydroxylation is 1. The molecule has 94 valence electrons. The normalized spacial score (nSPS) is 22.0. The minimum Gasteiger partial charge on any atom is -0.419 e. The zero-order chi connectivity index (χ0) is 12.9. The van der Waals surface area contributed by atoms with Gasteiger partial charge in [-0.15, -0.1) is 0 Å². The number of allylic oxidation sites excluding steroid dienone is 1. The molecule has 2 aliphatic rings. The fourth-order valence-electron chi connectivity index (χ4n) is 2.62. The first kappa shape index (κ1) is 11.6. The number of nitrogens with one attached hydrogen (secondary N) is 1. The summed E-state index contributed by atoms with van der Waals surface area (Å²) in [6, 6.07) is 4.00. The molecule has 4 nitrogen and oxygen atoms in total. The highest BCUT2D eigenvalue weighted by Crippen LogP contribution is 2.44. The van der Waals surface area contributed by atoms with Crippen molar-refractivity contribution in [1.29, 1.82) is 5.41 Å². The topological polar surface area (TPSA) is 55.1 Å². The van der Waals surface area contributed by atoms with Gasteiger partial charge in [0.25, 0.3) is 0 Å². The number of cyclic esters (lactones) is 1. The highest BCUT2D eigenvalue weighted by Gasteiger charge is 2.41. The van der Waals surface area contributed by atoms with Gasteiger partial charge in [-0.1, -0.05) is 18.7 Å². The van der Waals surface area contributed by atoms with Crippen molar-refractivity contribution in [2.75, 3.05) is 5.75 Å². The Morgan fingerprint density at radius 2 is 2.33 bits per heavy atom. The van der Waals surface area contributed by atoms with Crippen molar-refractivity contribution < 1.29 is 9.53 Å². The van der Waals surface area contributed by atoms with Crippen molar-refractivity contribution in [3.63, 3.8) is 0 Å². The SMILES string of the molecule is CCSC1=C2C(=N)n3c(C)ccc3C2CC(=O)O1. The van der Waals surface area contributed by atoms with Gasteiger partial charge < -0.3 is 9.30 Å². The summed E-state index contributed by atoms with van der Waals surface area (Å²) >= 11 is 1.50. The molecule has 0 spiro atoms. The van der Waals surface area contributed by atoms with Crippen molar-refractivity contribution in [3.8, 4) is 0 Å². The Morgan fingerprint density at radius 3 is 3.06 bits per heavy atom. The van der Waals surface area contributed by atoms with Crippen LogP contribution < -0.4 is 0 Å². The molecule has 1 N–H and O–H groups in total. The highest BCUT2D eigenvalue weighted by atomic mass is 32.2. The van der Waals surface area contributed by atoms with Crippen LogP contribution in [-0.4, -0.2) is 22.1 Å². The van der Waals surface area contributed by atoms with E-state index in [1.807, 2.05) is 30.5 Å². The molecule has 0 fully saturated rings. The second kappa shape index (κ2) is 4.02. The number of hydrogen-bond acceptors (Lipinski definition) is 4. The molecule has 1 atom stereocenters. The van der Waals surface area contributed by atoms with Crippen LogP contribution in [-0.2, 0) is 9.53 Å². The molecule has 0 saturated carbocycles. The minimum absolute atomic E-state index is 0.00139. The minimum atomic E-state index is -0.195. The van der Waals surface area contributed by atoms with Crippen molar-refractivity contribution in [2.24, 2.45) is 0 Å². The molecule has 2 aliphatic heterocycles. The Balaban J connectivity index is 2.17. The maximum atomic E-state index is 11.7. The number of hydrogen-bond donors (Lipinski definition) is 1. The average Bonchev–Trinajstić information content (AvgIpc) is 2.81. The average molecular weight is 262 g/mol. The van der Waals surface area contributed by atoms with Gasteiger partial charge in [-0.05, 0) is 24.8 Å². The van der Waals surface area contributed by atoms with Gasteiger partial charge in [-0.2, -0.15) is 0 Å². The van der Waals surface area contributed by atoms with Crippen LogP contribution in [0.15, 0.2) is 22.8 Å². The van der Waals surface area contributed by atoms with E-state index in [-0.39, 0.29) is 11.9 Å².